The minimum absolute atomic E-state index is 0.0316. The average Bonchev–Trinajstić information content (AvgIpc) is 3.17. The highest BCUT2D eigenvalue weighted by atomic mass is 32.2. The van der Waals surface area contributed by atoms with Gasteiger partial charge < -0.3 is 9.32 Å². The standard InChI is InChI=1S/C15H17NO4S2/c1-11-4-5-13(20-11)9-16(12-6-8-22(18,19)10-12)15(17)14-3-2-7-21-14/h2-5,7,12H,6,8-10H2,1H3/t12-/m0/s1. The number of carbonyl (C=O) groups excluding carboxylic acids is 1. The first-order chi connectivity index (χ1) is 10.4. The van der Waals surface area contributed by atoms with E-state index >= 15 is 0 Å². The van der Waals surface area contributed by atoms with Crippen LogP contribution in [0.3, 0.4) is 0 Å². The van der Waals surface area contributed by atoms with Crippen LogP contribution in [0.2, 0.25) is 0 Å². The van der Waals surface area contributed by atoms with Gasteiger partial charge in [-0.1, -0.05) is 6.07 Å². The molecule has 0 unspecified atom stereocenters. The molecule has 1 fully saturated rings. The molecule has 5 nitrogen and oxygen atoms in total. The summed E-state index contributed by atoms with van der Waals surface area (Å²) in [6.07, 6.45) is 0.485. The Kier molecular flexibility index (Phi) is 4.10. The van der Waals surface area contributed by atoms with Gasteiger partial charge in [-0.3, -0.25) is 4.79 Å². The molecule has 22 heavy (non-hydrogen) atoms. The van der Waals surface area contributed by atoms with Gasteiger partial charge in [-0.15, -0.1) is 11.3 Å². The van der Waals surface area contributed by atoms with Crippen molar-refractivity contribution in [3.05, 3.63) is 46.0 Å². The summed E-state index contributed by atoms with van der Waals surface area (Å²) in [6.45, 7) is 2.14. The van der Waals surface area contributed by atoms with Crippen molar-refractivity contribution < 1.29 is 17.6 Å². The Balaban J connectivity index is 1.86. The van der Waals surface area contributed by atoms with Gasteiger partial charge in [-0.2, -0.15) is 0 Å². The van der Waals surface area contributed by atoms with Gasteiger partial charge in [0, 0.05) is 6.04 Å². The molecule has 0 N–H and O–H groups in total. The first kappa shape index (κ1) is 15.3. The zero-order valence-electron chi connectivity index (χ0n) is 12.2. The minimum atomic E-state index is -3.05. The molecule has 7 heteroatoms. The van der Waals surface area contributed by atoms with E-state index < -0.39 is 9.84 Å². The predicted molar refractivity (Wildman–Crippen MR) is 84.7 cm³/mol. The van der Waals surface area contributed by atoms with Crippen LogP contribution >= 0.6 is 11.3 Å². The van der Waals surface area contributed by atoms with Crippen LogP contribution in [0.15, 0.2) is 34.1 Å². The summed E-state index contributed by atoms with van der Waals surface area (Å²) in [6, 6.07) is 6.96. The maximum Gasteiger partial charge on any atom is 0.264 e. The van der Waals surface area contributed by atoms with E-state index in [1.807, 2.05) is 30.5 Å². The van der Waals surface area contributed by atoms with Gasteiger partial charge in [0.1, 0.15) is 11.5 Å². The summed E-state index contributed by atoms with van der Waals surface area (Å²) in [7, 11) is -3.05. The fourth-order valence-electron chi connectivity index (χ4n) is 2.67. The number of furan rings is 1. The first-order valence-corrected chi connectivity index (χ1v) is 9.75. The number of hydrogen-bond acceptors (Lipinski definition) is 5. The van der Waals surface area contributed by atoms with Crippen LogP contribution in [0.5, 0.6) is 0 Å². The average molecular weight is 339 g/mol. The quantitative estimate of drug-likeness (QED) is 0.858. The van der Waals surface area contributed by atoms with Crippen LogP contribution in [-0.4, -0.2) is 36.8 Å². The summed E-state index contributed by atoms with van der Waals surface area (Å²) in [5, 5.41) is 1.84. The largest absolute Gasteiger partial charge is 0.464 e. The fraction of sp³-hybridized carbons (Fsp3) is 0.400. The number of hydrogen-bond donors (Lipinski definition) is 0. The molecule has 1 saturated heterocycles. The Morgan fingerprint density at radius 3 is 2.77 bits per heavy atom. The highest BCUT2D eigenvalue weighted by Crippen LogP contribution is 2.24. The van der Waals surface area contributed by atoms with Crippen molar-refractivity contribution in [2.24, 2.45) is 0 Å². The Hall–Kier alpha value is -1.60. The summed E-state index contributed by atoms with van der Waals surface area (Å²) < 4.78 is 29.1. The highest BCUT2D eigenvalue weighted by molar-refractivity contribution is 7.91. The van der Waals surface area contributed by atoms with Crippen molar-refractivity contribution in [3.63, 3.8) is 0 Å². The van der Waals surface area contributed by atoms with Gasteiger partial charge in [-0.05, 0) is 36.9 Å². The van der Waals surface area contributed by atoms with Gasteiger partial charge in [0.2, 0.25) is 0 Å². The third-order valence-corrected chi connectivity index (χ3v) is 6.37. The summed E-state index contributed by atoms with van der Waals surface area (Å²) >= 11 is 1.36. The molecule has 0 saturated carbocycles. The number of carbonyl (C=O) groups is 1. The lowest BCUT2D eigenvalue weighted by Crippen LogP contribution is -2.40. The summed E-state index contributed by atoms with van der Waals surface area (Å²) in [5.41, 5.74) is 0. The maximum atomic E-state index is 12.7. The third kappa shape index (κ3) is 3.25. The van der Waals surface area contributed by atoms with Gasteiger partial charge in [0.05, 0.1) is 22.9 Å². The Bertz CT molecular complexity index is 761. The van der Waals surface area contributed by atoms with E-state index in [0.29, 0.717) is 23.6 Å². The van der Waals surface area contributed by atoms with Crippen LogP contribution in [0.25, 0.3) is 0 Å². The van der Waals surface area contributed by atoms with Crippen LogP contribution in [-0.2, 0) is 16.4 Å². The molecule has 1 aliphatic heterocycles. The molecular weight excluding hydrogens is 322 g/mol. The van der Waals surface area contributed by atoms with Gasteiger partial charge in [0.15, 0.2) is 9.84 Å². The Morgan fingerprint density at radius 2 is 2.23 bits per heavy atom. The molecule has 2 aromatic heterocycles. The Morgan fingerprint density at radius 1 is 1.41 bits per heavy atom. The molecule has 0 aliphatic carbocycles. The Labute approximate surface area is 133 Å². The molecule has 1 amide bonds. The van der Waals surface area contributed by atoms with Crippen LogP contribution in [0.4, 0.5) is 0 Å². The molecule has 0 aromatic carbocycles. The van der Waals surface area contributed by atoms with Gasteiger partial charge >= 0.3 is 0 Å². The first-order valence-electron chi connectivity index (χ1n) is 7.05. The smallest absolute Gasteiger partial charge is 0.264 e. The lowest BCUT2D eigenvalue weighted by atomic mass is 10.2. The van der Waals surface area contributed by atoms with Crippen molar-refractivity contribution in [3.8, 4) is 0 Å². The number of aryl methyl sites for hydroxylation is 1. The SMILES string of the molecule is Cc1ccc(CN(C(=O)c2cccs2)[C@H]2CCS(=O)(=O)C2)o1. The molecule has 0 spiro atoms. The highest BCUT2D eigenvalue weighted by Gasteiger charge is 2.35. The zero-order valence-corrected chi connectivity index (χ0v) is 13.8. The number of nitrogens with zero attached hydrogens (tertiary/aromatic N) is 1. The lowest BCUT2D eigenvalue weighted by Gasteiger charge is -2.27. The predicted octanol–water partition coefficient (Wildman–Crippen LogP) is 2.48. The second-order valence-corrected chi connectivity index (χ2v) is 8.66. The molecule has 0 bridgehead atoms. The maximum absolute atomic E-state index is 12.7. The molecule has 2 aromatic rings. The van der Waals surface area contributed by atoms with Gasteiger partial charge in [0.25, 0.3) is 5.91 Å². The minimum Gasteiger partial charge on any atom is -0.464 e. The number of rotatable bonds is 4. The lowest BCUT2D eigenvalue weighted by molar-refractivity contribution is 0.0670. The van der Waals surface area contributed by atoms with Crippen LogP contribution in [0.1, 0.15) is 27.6 Å². The van der Waals surface area contributed by atoms with Crippen molar-refractivity contribution in [2.45, 2.75) is 25.9 Å². The molecular formula is C15H17NO4S2. The van der Waals surface area contributed by atoms with Crippen molar-refractivity contribution in [1.82, 2.24) is 4.90 Å². The topological polar surface area (TPSA) is 67.6 Å². The van der Waals surface area contributed by atoms with E-state index in [-0.39, 0.29) is 23.5 Å². The summed E-state index contributed by atoms with van der Waals surface area (Å²) in [5.74, 6) is 1.49. The van der Waals surface area contributed by atoms with E-state index in [1.54, 1.807) is 11.0 Å². The van der Waals surface area contributed by atoms with E-state index in [9.17, 15) is 13.2 Å². The molecule has 3 rings (SSSR count). The number of sulfone groups is 1. The third-order valence-electron chi connectivity index (χ3n) is 3.76. The van der Waals surface area contributed by atoms with E-state index in [0.717, 1.165) is 5.76 Å². The van der Waals surface area contributed by atoms with Crippen molar-refractivity contribution >= 4 is 27.1 Å². The molecule has 1 aliphatic rings. The fourth-order valence-corrected chi connectivity index (χ4v) is 5.08. The monoisotopic (exact) mass is 339 g/mol. The van der Waals surface area contributed by atoms with E-state index in [4.69, 9.17) is 4.42 Å². The second-order valence-electron chi connectivity index (χ2n) is 5.48. The second kappa shape index (κ2) is 5.89. The van der Waals surface area contributed by atoms with E-state index in [2.05, 4.69) is 0 Å². The van der Waals surface area contributed by atoms with E-state index in [1.165, 1.54) is 11.3 Å². The van der Waals surface area contributed by atoms with Crippen molar-refractivity contribution in [2.75, 3.05) is 11.5 Å². The molecule has 3 heterocycles. The summed E-state index contributed by atoms with van der Waals surface area (Å²) in [4.78, 5) is 15.0. The molecule has 118 valence electrons. The zero-order chi connectivity index (χ0) is 15.7. The number of amides is 1. The molecule has 1 atom stereocenters. The van der Waals surface area contributed by atoms with Crippen LogP contribution < -0.4 is 0 Å². The van der Waals surface area contributed by atoms with Gasteiger partial charge in [-0.25, -0.2) is 8.42 Å². The molecule has 0 radical (unpaired) electrons. The van der Waals surface area contributed by atoms with Crippen LogP contribution in [0, 0.1) is 6.92 Å². The normalized spacial score (nSPS) is 20.1. The number of thiophene rings is 1. The van der Waals surface area contributed by atoms with Crippen molar-refractivity contribution in [1.29, 1.82) is 0 Å².